The summed E-state index contributed by atoms with van der Waals surface area (Å²) in [5, 5.41) is 7.90. The van der Waals surface area contributed by atoms with Gasteiger partial charge in [-0.1, -0.05) is 20.3 Å². The highest BCUT2D eigenvalue weighted by Crippen LogP contribution is 2.12. The molecule has 2 atom stereocenters. The Morgan fingerprint density at radius 1 is 1.78 bits per heavy atom. The average molecular weight is 148 g/mol. The molecule has 0 rings (SSSR count). The van der Waals surface area contributed by atoms with Gasteiger partial charge in [0, 0.05) is 0 Å². The zero-order valence-corrected chi connectivity index (χ0v) is 6.56. The van der Waals surface area contributed by atoms with Gasteiger partial charge in [-0.05, 0) is 5.92 Å². The molecule has 0 heterocycles. The van der Waals surface area contributed by atoms with Crippen molar-refractivity contribution < 1.29 is 9.90 Å². The standard InChI is InChI=1S/C6H12O2S/c1-3-4(2)5(9)6(7)8/h4-5,9H,3H2,1-2H3,(H,7,8)/t4-,5-/m0/s1. The highest BCUT2D eigenvalue weighted by Gasteiger charge is 2.17. The van der Waals surface area contributed by atoms with Crippen LogP contribution in [0.1, 0.15) is 20.3 Å². The van der Waals surface area contributed by atoms with Crippen LogP contribution in [0, 0.1) is 5.92 Å². The molecule has 0 spiro atoms. The lowest BCUT2D eigenvalue weighted by Crippen LogP contribution is -2.21. The topological polar surface area (TPSA) is 37.3 Å². The first-order valence-corrected chi connectivity index (χ1v) is 3.52. The molecule has 0 unspecified atom stereocenters. The molecule has 3 heteroatoms. The van der Waals surface area contributed by atoms with Gasteiger partial charge in [0.1, 0.15) is 5.25 Å². The van der Waals surface area contributed by atoms with E-state index in [2.05, 4.69) is 12.6 Å². The molecule has 0 aromatic rings. The number of carboxylic acid groups (broad SMARTS) is 1. The van der Waals surface area contributed by atoms with Crippen LogP contribution in [0.2, 0.25) is 0 Å². The molecule has 9 heavy (non-hydrogen) atoms. The van der Waals surface area contributed by atoms with E-state index in [0.29, 0.717) is 0 Å². The second-order valence-corrected chi connectivity index (χ2v) is 2.72. The van der Waals surface area contributed by atoms with Crippen molar-refractivity contribution in [3.8, 4) is 0 Å². The molecular weight excluding hydrogens is 136 g/mol. The van der Waals surface area contributed by atoms with Crippen molar-refractivity contribution in [3.05, 3.63) is 0 Å². The smallest absolute Gasteiger partial charge is 0.316 e. The summed E-state index contributed by atoms with van der Waals surface area (Å²) in [6.07, 6.45) is 0.862. The lowest BCUT2D eigenvalue weighted by molar-refractivity contribution is -0.137. The summed E-state index contributed by atoms with van der Waals surface area (Å²) in [7, 11) is 0. The fourth-order valence-corrected chi connectivity index (χ4v) is 0.677. The Hall–Kier alpha value is -0.180. The van der Waals surface area contributed by atoms with Gasteiger partial charge in [-0.2, -0.15) is 12.6 Å². The Morgan fingerprint density at radius 2 is 2.22 bits per heavy atom. The quantitative estimate of drug-likeness (QED) is 0.594. The van der Waals surface area contributed by atoms with Gasteiger partial charge in [0.05, 0.1) is 0 Å². The largest absolute Gasteiger partial charge is 0.480 e. The summed E-state index contributed by atoms with van der Waals surface area (Å²) in [5.74, 6) is -0.668. The van der Waals surface area contributed by atoms with Gasteiger partial charge < -0.3 is 5.11 Å². The van der Waals surface area contributed by atoms with Crippen molar-refractivity contribution in [1.29, 1.82) is 0 Å². The van der Waals surface area contributed by atoms with E-state index in [1.54, 1.807) is 0 Å². The maximum atomic E-state index is 10.2. The molecule has 54 valence electrons. The maximum Gasteiger partial charge on any atom is 0.316 e. The molecule has 0 fully saturated rings. The zero-order chi connectivity index (χ0) is 7.44. The number of hydrogen-bond donors (Lipinski definition) is 2. The molecule has 0 aliphatic heterocycles. The number of hydrogen-bond acceptors (Lipinski definition) is 2. The summed E-state index contributed by atoms with van der Waals surface area (Å²) < 4.78 is 0. The summed E-state index contributed by atoms with van der Waals surface area (Å²) in [5.41, 5.74) is 0. The van der Waals surface area contributed by atoms with Crippen LogP contribution in [0.3, 0.4) is 0 Å². The Balaban J connectivity index is 3.72. The number of thiol groups is 1. The fraction of sp³-hybridized carbons (Fsp3) is 0.833. The van der Waals surface area contributed by atoms with Gasteiger partial charge in [-0.15, -0.1) is 0 Å². The summed E-state index contributed by atoms with van der Waals surface area (Å²) >= 11 is 3.90. The van der Waals surface area contributed by atoms with E-state index in [-0.39, 0.29) is 5.92 Å². The van der Waals surface area contributed by atoms with Crippen molar-refractivity contribution in [2.45, 2.75) is 25.5 Å². The van der Waals surface area contributed by atoms with Gasteiger partial charge in [0.15, 0.2) is 0 Å². The number of rotatable bonds is 3. The van der Waals surface area contributed by atoms with Gasteiger partial charge in [-0.3, -0.25) is 4.79 Å². The zero-order valence-electron chi connectivity index (χ0n) is 5.66. The Bertz CT molecular complexity index is 103. The lowest BCUT2D eigenvalue weighted by Gasteiger charge is -2.11. The van der Waals surface area contributed by atoms with Crippen LogP contribution in [-0.4, -0.2) is 16.3 Å². The van der Waals surface area contributed by atoms with Crippen LogP contribution >= 0.6 is 12.6 Å². The number of carboxylic acids is 1. The Morgan fingerprint density at radius 3 is 2.33 bits per heavy atom. The highest BCUT2D eigenvalue weighted by molar-refractivity contribution is 7.81. The first kappa shape index (κ1) is 8.82. The molecule has 0 aromatic heterocycles. The molecule has 2 nitrogen and oxygen atoms in total. The van der Waals surface area contributed by atoms with Gasteiger partial charge in [0.25, 0.3) is 0 Å². The summed E-state index contributed by atoms with van der Waals surface area (Å²) in [6, 6.07) is 0. The van der Waals surface area contributed by atoms with Crippen LogP contribution in [0.4, 0.5) is 0 Å². The van der Waals surface area contributed by atoms with Crippen molar-refractivity contribution in [3.63, 3.8) is 0 Å². The fourth-order valence-electron chi connectivity index (χ4n) is 0.467. The minimum atomic E-state index is -0.826. The van der Waals surface area contributed by atoms with E-state index >= 15 is 0 Å². The SMILES string of the molecule is CC[C@H](C)[C@H](S)C(=O)O. The van der Waals surface area contributed by atoms with Crippen LogP contribution in [0.25, 0.3) is 0 Å². The molecule has 0 bridgehead atoms. The predicted octanol–water partition coefficient (Wildman–Crippen LogP) is 1.42. The predicted molar refractivity (Wildman–Crippen MR) is 39.9 cm³/mol. The molecule has 0 radical (unpaired) electrons. The molecule has 0 aromatic carbocycles. The van der Waals surface area contributed by atoms with Crippen molar-refractivity contribution in [2.75, 3.05) is 0 Å². The summed E-state index contributed by atoms with van der Waals surface area (Å²) in [4.78, 5) is 10.2. The molecule has 0 aliphatic carbocycles. The maximum absolute atomic E-state index is 10.2. The van der Waals surface area contributed by atoms with Crippen LogP contribution in [-0.2, 0) is 4.79 Å². The third kappa shape index (κ3) is 2.75. The lowest BCUT2D eigenvalue weighted by atomic mass is 10.1. The minimum absolute atomic E-state index is 0.158. The molecular formula is C6H12O2S. The van der Waals surface area contributed by atoms with Crippen LogP contribution < -0.4 is 0 Å². The molecule has 1 N–H and O–H groups in total. The first-order valence-electron chi connectivity index (χ1n) is 3.00. The van der Waals surface area contributed by atoms with Crippen molar-refractivity contribution >= 4 is 18.6 Å². The Labute approximate surface area is 60.7 Å². The highest BCUT2D eigenvalue weighted by atomic mass is 32.1. The van der Waals surface area contributed by atoms with E-state index in [4.69, 9.17) is 5.11 Å². The molecule has 0 aliphatic rings. The Kier molecular flexibility index (Phi) is 3.70. The number of aliphatic carboxylic acids is 1. The molecule has 0 saturated heterocycles. The molecule has 0 amide bonds. The van der Waals surface area contributed by atoms with E-state index in [1.165, 1.54) is 0 Å². The van der Waals surface area contributed by atoms with Gasteiger partial charge in [0.2, 0.25) is 0 Å². The van der Waals surface area contributed by atoms with Crippen LogP contribution in [0.5, 0.6) is 0 Å². The van der Waals surface area contributed by atoms with Crippen molar-refractivity contribution in [1.82, 2.24) is 0 Å². The third-order valence-corrected chi connectivity index (χ3v) is 2.17. The average Bonchev–Trinajstić information content (AvgIpc) is 1.84. The van der Waals surface area contributed by atoms with E-state index in [9.17, 15) is 4.79 Å². The molecule has 0 saturated carbocycles. The van der Waals surface area contributed by atoms with Crippen LogP contribution in [0.15, 0.2) is 0 Å². The minimum Gasteiger partial charge on any atom is -0.480 e. The van der Waals surface area contributed by atoms with E-state index < -0.39 is 11.2 Å². The normalized spacial score (nSPS) is 16.8. The van der Waals surface area contributed by atoms with E-state index in [0.717, 1.165) is 6.42 Å². The monoisotopic (exact) mass is 148 g/mol. The number of carbonyl (C=O) groups is 1. The third-order valence-electron chi connectivity index (χ3n) is 1.44. The van der Waals surface area contributed by atoms with Gasteiger partial charge >= 0.3 is 5.97 Å². The summed E-state index contributed by atoms with van der Waals surface area (Å²) in [6.45, 7) is 3.84. The van der Waals surface area contributed by atoms with Gasteiger partial charge in [-0.25, -0.2) is 0 Å². The van der Waals surface area contributed by atoms with Crippen molar-refractivity contribution in [2.24, 2.45) is 5.92 Å². The second kappa shape index (κ2) is 3.77. The first-order chi connectivity index (χ1) is 4.09. The second-order valence-electron chi connectivity index (χ2n) is 2.17. The van der Waals surface area contributed by atoms with E-state index in [1.807, 2.05) is 13.8 Å².